The van der Waals surface area contributed by atoms with E-state index in [1.54, 1.807) is 42.6 Å². The van der Waals surface area contributed by atoms with Crippen molar-refractivity contribution >= 4 is 5.97 Å². The number of carbonyl (C=O) groups excluding carboxylic acids is 1. The van der Waals surface area contributed by atoms with E-state index in [9.17, 15) is 9.18 Å². The summed E-state index contributed by atoms with van der Waals surface area (Å²) in [5.41, 5.74) is 1.26. The summed E-state index contributed by atoms with van der Waals surface area (Å²) >= 11 is 0. The molecule has 0 saturated heterocycles. The van der Waals surface area contributed by atoms with Crippen molar-refractivity contribution in [1.29, 1.82) is 5.26 Å². The van der Waals surface area contributed by atoms with Crippen LogP contribution in [0.4, 0.5) is 4.39 Å². The molecule has 0 atom stereocenters. The van der Waals surface area contributed by atoms with Gasteiger partial charge in [-0.2, -0.15) is 5.26 Å². The summed E-state index contributed by atoms with van der Waals surface area (Å²) in [6.07, 6.45) is 1.97. The summed E-state index contributed by atoms with van der Waals surface area (Å²) < 4.78 is 29.1. The fourth-order valence-corrected chi connectivity index (χ4v) is 2.40. The van der Waals surface area contributed by atoms with Crippen molar-refractivity contribution in [2.45, 2.75) is 12.8 Å². The van der Waals surface area contributed by atoms with Crippen LogP contribution in [0.15, 0.2) is 59.1 Å². The fourth-order valence-electron chi connectivity index (χ4n) is 2.40. The third-order valence-corrected chi connectivity index (χ3v) is 3.82. The molecule has 0 saturated carbocycles. The van der Waals surface area contributed by atoms with E-state index >= 15 is 0 Å². The number of nitriles is 1. The third-order valence-electron chi connectivity index (χ3n) is 3.82. The normalized spacial score (nSPS) is 10.3. The van der Waals surface area contributed by atoms with Crippen molar-refractivity contribution in [3.05, 3.63) is 72.0 Å². The molecular formula is C21H17FN2O4. The summed E-state index contributed by atoms with van der Waals surface area (Å²) in [6, 6.07) is 14.6. The Bertz CT molecular complexity index is 959. The number of hydrogen-bond donors (Lipinski definition) is 0. The first kappa shape index (κ1) is 19.1. The average Bonchev–Trinajstić information content (AvgIpc) is 3.20. The lowest BCUT2D eigenvalue weighted by Crippen LogP contribution is -2.12. The van der Waals surface area contributed by atoms with Gasteiger partial charge in [0.05, 0.1) is 24.3 Å². The molecule has 3 aromatic rings. The van der Waals surface area contributed by atoms with E-state index in [1.807, 2.05) is 6.07 Å². The van der Waals surface area contributed by atoms with Gasteiger partial charge in [-0.15, -0.1) is 0 Å². The molecular weight excluding hydrogens is 363 g/mol. The second-order valence-electron chi connectivity index (χ2n) is 5.83. The predicted octanol–water partition coefficient (Wildman–Crippen LogP) is 3.91. The summed E-state index contributed by atoms with van der Waals surface area (Å²) in [4.78, 5) is 15.9. The van der Waals surface area contributed by atoms with Crippen molar-refractivity contribution in [3.63, 3.8) is 0 Å². The van der Waals surface area contributed by atoms with Crippen LogP contribution in [0.3, 0.4) is 0 Å². The molecule has 0 bridgehead atoms. The number of benzene rings is 2. The topological polar surface area (TPSA) is 85.4 Å². The standard InChI is InChI=1S/C21H17FN2O4/c22-17-5-3-16(4-6-17)19-14-24-20(28-19)9-10-21(25)27-12-11-26-18-7-1-15(13-23)2-8-18/h1-8,14H,9-12H2. The number of esters is 1. The lowest BCUT2D eigenvalue weighted by Gasteiger charge is -2.07. The van der Waals surface area contributed by atoms with E-state index in [0.717, 1.165) is 0 Å². The van der Waals surface area contributed by atoms with Crippen molar-refractivity contribution in [3.8, 4) is 23.1 Å². The van der Waals surface area contributed by atoms with E-state index < -0.39 is 0 Å². The van der Waals surface area contributed by atoms with E-state index in [0.29, 0.717) is 34.9 Å². The number of hydrogen-bond acceptors (Lipinski definition) is 6. The van der Waals surface area contributed by atoms with Crippen LogP contribution < -0.4 is 4.74 Å². The SMILES string of the molecule is N#Cc1ccc(OCCOC(=O)CCc2ncc(-c3ccc(F)cc3)o2)cc1. The first-order valence-corrected chi connectivity index (χ1v) is 8.63. The number of nitrogens with zero attached hydrogens (tertiary/aromatic N) is 2. The Kier molecular flexibility index (Phi) is 6.37. The maximum absolute atomic E-state index is 13.0. The van der Waals surface area contributed by atoms with Gasteiger partial charge >= 0.3 is 5.97 Å². The second kappa shape index (κ2) is 9.33. The molecule has 1 heterocycles. The van der Waals surface area contributed by atoms with Crippen LogP contribution >= 0.6 is 0 Å². The Morgan fingerprint density at radius 2 is 1.86 bits per heavy atom. The highest BCUT2D eigenvalue weighted by atomic mass is 19.1. The lowest BCUT2D eigenvalue weighted by atomic mass is 10.2. The van der Waals surface area contributed by atoms with Gasteiger partial charge in [0, 0.05) is 12.0 Å². The smallest absolute Gasteiger partial charge is 0.306 e. The summed E-state index contributed by atoms with van der Waals surface area (Å²) in [6.45, 7) is 0.330. The van der Waals surface area contributed by atoms with Gasteiger partial charge in [-0.05, 0) is 48.5 Å². The van der Waals surface area contributed by atoms with Crippen molar-refractivity contribution in [1.82, 2.24) is 4.98 Å². The Labute approximate surface area is 161 Å². The van der Waals surface area contributed by atoms with Gasteiger partial charge in [-0.1, -0.05) is 0 Å². The molecule has 6 nitrogen and oxygen atoms in total. The van der Waals surface area contributed by atoms with Gasteiger partial charge in [0.1, 0.15) is 24.8 Å². The number of halogens is 1. The zero-order valence-electron chi connectivity index (χ0n) is 14.9. The number of carbonyl (C=O) groups is 1. The fraction of sp³-hybridized carbons (Fsp3) is 0.190. The zero-order valence-corrected chi connectivity index (χ0v) is 14.9. The molecule has 0 unspecified atom stereocenters. The Hall–Kier alpha value is -3.66. The minimum atomic E-state index is -0.384. The molecule has 0 aliphatic heterocycles. The summed E-state index contributed by atoms with van der Waals surface area (Å²) in [5, 5.41) is 8.73. The molecule has 0 amide bonds. The van der Waals surface area contributed by atoms with Gasteiger partial charge in [0.15, 0.2) is 11.7 Å². The van der Waals surface area contributed by atoms with Gasteiger partial charge < -0.3 is 13.9 Å². The van der Waals surface area contributed by atoms with Crippen LogP contribution in [0.25, 0.3) is 11.3 Å². The third kappa shape index (κ3) is 5.42. The molecule has 7 heteroatoms. The highest BCUT2D eigenvalue weighted by molar-refractivity contribution is 5.69. The minimum absolute atomic E-state index is 0.116. The molecule has 142 valence electrons. The molecule has 2 aromatic carbocycles. The van der Waals surface area contributed by atoms with Crippen molar-refractivity contribution in [2.24, 2.45) is 0 Å². The van der Waals surface area contributed by atoms with Gasteiger partial charge in [0.25, 0.3) is 0 Å². The monoisotopic (exact) mass is 380 g/mol. The first-order valence-electron chi connectivity index (χ1n) is 8.63. The molecule has 0 aliphatic rings. The summed E-state index contributed by atoms with van der Waals surface area (Å²) in [5.74, 6) is 0.812. The number of rotatable bonds is 8. The van der Waals surface area contributed by atoms with Gasteiger partial charge in [0.2, 0.25) is 0 Å². The highest BCUT2D eigenvalue weighted by Crippen LogP contribution is 2.21. The number of oxazole rings is 1. The maximum Gasteiger partial charge on any atom is 0.306 e. The molecule has 0 fully saturated rings. The van der Waals surface area contributed by atoms with Crippen molar-refractivity contribution in [2.75, 3.05) is 13.2 Å². The second-order valence-corrected chi connectivity index (χ2v) is 5.83. The molecule has 28 heavy (non-hydrogen) atoms. The quantitative estimate of drug-likeness (QED) is 0.435. The van der Waals surface area contributed by atoms with Gasteiger partial charge in [-0.3, -0.25) is 4.79 Å². The van der Waals surface area contributed by atoms with Crippen LogP contribution in [-0.2, 0) is 16.0 Å². The zero-order chi connectivity index (χ0) is 19.8. The van der Waals surface area contributed by atoms with Crippen LogP contribution in [0.1, 0.15) is 17.9 Å². The van der Waals surface area contributed by atoms with E-state index in [-0.39, 0.29) is 31.4 Å². The largest absolute Gasteiger partial charge is 0.490 e. The van der Waals surface area contributed by atoms with E-state index in [2.05, 4.69) is 4.98 Å². The molecule has 0 N–H and O–H groups in total. The molecule has 0 radical (unpaired) electrons. The number of aryl methyl sites for hydroxylation is 1. The molecule has 3 rings (SSSR count). The first-order chi connectivity index (χ1) is 13.6. The minimum Gasteiger partial charge on any atom is -0.490 e. The molecule has 0 aliphatic carbocycles. The van der Waals surface area contributed by atoms with Gasteiger partial charge in [-0.25, -0.2) is 9.37 Å². The van der Waals surface area contributed by atoms with E-state index in [1.165, 1.54) is 12.1 Å². The molecule has 1 aromatic heterocycles. The average molecular weight is 380 g/mol. The van der Waals surface area contributed by atoms with Crippen LogP contribution in [0, 0.1) is 17.1 Å². The number of ether oxygens (including phenoxy) is 2. The highest BCUT2D eigenvalue weighted by Gasteiger charge is 2.10. The predicted molar refractivity (Wildman–Crippen MR) is 97.8 cm³/mol. The van der Waals surface area contributed by atoms with Crippen molar-refractivity contribution < 1.29 is 23.1 Å². The lowest BCUT2D eigenvalue weighted by molar-refractivity contribution is -0.144. The Morgan fingerprint density at radius 1 is 1.11 bits per heavy atom. The Balaban J connectivity index is 1.37. The Morgan fingerprint density at radius 3 is 2.57 bits per heavy atom. The van der Waals surface area contributed by atoms with Crippen LogP contribution in [0.5, 0.6) is 5.75 Å². The maximum atomic E-state index is 13.0. The van der Waals surface area contributed by atoms with Crippen LogP contribution in [-0.4, -0.2) is 24.2 Å². The van der Waals surface area contributed by atoms with Crippen LogP contribution in [0.2, 0.25) is 0 Å². The van der Waals surface area contributed by atoms with E-state index in [4.69, 9.17) is 19.2 Å². The summed E-state index contributed by atoms with van der Waals surface area (Å²) in [7, 11) is 0. The number of aromatic nitrogens is 1. The molecule has 0 spiro atoms.